The second kappa shape index (κ2) is 3.87. The van der Waals surface area contributed by atoms with Gasteiger partial charge in [-0.05, 0) is 0 Å². The van der Waals surface area contributed by atoms with Gasteiger partial charge in [0.05, 0.1) is 13.0 Å². The summed E-state index contributed by atoms with van der Waals surface area (Å²) in [7, 11) is 0. The third-order valence-electron chi connectivity index (χ3n) is 1.63. The molecule has 0 radical (unpaired) electrons. The maximum Gasteiger partial charge on any atom is 0.304 e. The lowest BCUT2D eigenvalue weighted by Crippen LogP contribution is -2.40. The van der Waals surface area contributed by atoms with Crippen LogP contribution in [0.15, 0.2) is 12.7 Å². The third-order valence-corrected chi connectivity index (χ3v) is 1.63. The van der Waals surface area contributed by atoms with Crippen LogP contribution in [0.3, 0.4) is 0 Å². The van der Waals surface area contributed by atoms with E-state index < -0.39 is 30.3 Å². The Kier molecular flexibility index (Phi) is 3.43. The average molecular weight is 173 g/mol. The fraction of sp³-hybridized carbons (Fsp3) is 0.429. The Morgan fingerprint density at radius 1 is 1.58 bits per heavy atom. The first-order valence-corrected chi connectivity index (χ1v) is 3.24. The summed E-state index contributed by atoms with van der Waals surface area (Å²) < 4.78 is 0. The summed E-state index contributed by atoms with van der Waals surface area (Å²) in [6, 6.07) is 0. The molecule has 1 amide bonds. The molecule has 1 unspecified atom stereocenters. The molecule has 0 aliphatic carbocycles. The van der Waals surface area contributed by atoms with Crippen molar-refractivity contribution in [3.8, 4) is 0 Å². The summed E-state index contributed by atoms with van der Waals surface area (Å²) >= 11 is 0. The molecule has 0 aromatic carbocycles. The molecule has 4 N–H and O–H groups in total. The van der Waals surface area contributed by atoms with Gasteiger partial charge >= 0.3 is 5.97 Å². The van der Waals surface area contributed by atoms with Crippen LogP contribution in [0.1, 0.15) is 6.42 Å². The number of aliphatic hydroxyl groups excluding tert-OH is 1. The van der Waals surface area contributed by atoms with E-state index >= 15 is 0 Å². The van der Waals surface area contributed by atoms with Crippen molar-refractivity contribution >= 4 is 11.9 Å². The van der Waals surface area contributed by atoms with Crippen molar-refractivity contribution in [2.45, 2.75) is 6.42 Å². The molecule has 0 fully saturated rings. The van der Waals surface area contributed by atoms with Crippen molar-refractivity contribution < 1.29 is 19.8 Å². The first-order chi connectivity index (χ1) is 5.48. The van der Waals surface area contributed by atoms with Gasteiger partial charge in [-0.1, -0.05) is 6.08 Å². The van der Waals surface area contributed by atoms with Crippen molar-refractivity contribution in [3.63, 3.8) is 0 Å². The maximum atomic E-state index is 10.7. The van der Waals surface area contributed by atoms with Gasteiger partial charge in [0.2, 0.25) is 5.91 Å². The predicted octanol–water partition coefficient (Wildman–Crippen LogP) is -0.889. The van der Waals surface area contributed by atoms with E-state index in [2.05, 4.69) is 6.58 Å². The van der Waals surface area contributed by atoms with E-state index in [0.717, 1.165) is 6.08 Å². The van der Waals surface area contributed by atoms with Crippen LogP contribution in [0.25, 0.3) is 0 Å². The zero-order valence-electron chi connectivity index (χ0n) is 6.49. The Morgan fingerprint density at radius 2 is 2.08 bits per heavy atom. The van der Waals surface area contributed by atoms with Gasteiger partial charge in [-0.25, -0.2) is 0 Å². The van der Waals surface area contributed by atoms with Crippen LogP contribution in [0.4, 0.5) is 0 Å². The Labute approximate surface area is 69.5 Å². The van der Waals surface area contributed by atoms with Gasteiger partial charge < -0.3 is 15.9 Å². The van der Waals surface area contributed by atoms with Crippen LogP contribution in [-0.2, 0) is 9.59 Å². The number of rotatable bonds is 5. The Morgan fingerprint density at radius 3 is 2.17 bits per heavy atom. The molecule has 0 saturated carbocycles. The van der Waals surface area contributed by atoms with Crippen molar-refractivity contribution in [1.82, 2.24) is 0 Å². The number of primary amides is 1. The fourth-order valence-corrected chi connectivity index (χ4v) is 0.728. The van der Waals surface area contributed by atoms with Gasteiger partial charge in [0.25, 0.3) is 0 Å². The summed E-state index contributed by atoms with van der Waals surface area (Å²) in [4.78, 5) is 21.0. The van der Waals surface area contributed by atoms with Crippen LogP contribution < -0.4 is 5.73 Å². The Bertz CT molecular complexity index is 213. The van der Waals surface area contributed by atoms with Crippen LogP contribution in [0, 0.1) is 5.41 Å². The SMILES string of the molecule is C=CC(CO)(CC(=O)O)C(N)=O. The largest absolute Gasteiger partial charge is 0.481 e. The van der Waals surface area contributed by atoms with Gasteiger partial charge in [0.15, 0.2) is 0 Å². The van der Waals surface area contributed by atoms with Gasteiger partial charge in [-0.2, -0.15) is 0 Å². The summed E-state index contributed by atoms with van der Waals surface area (Å²) in [5.74, 6) is -2.09. The number of amides is 1. The number of carbonyl (C=O) groups excluding carboxylic acids is 1. The zero-order valence-corrected chi connectivity index (χ0v) is 6.49. The molecule has 12 heavy (non-hydrogen) atoms. The molecular formula is C7H11NO4. The van der Waals surface area contributed by atoms with Crippen LogP contribution >= 0.6 is 0 Å². The minimum Gasteiger partial charge on any atom is -0.481 e. The van der Waals surface area contributed by atoms with Gasteiger partial charge in [-0.15, -0.1) is 6.58 Å². The maximum absolute atomic E-state index is 10.7. The molecular weight excluding hydrogens is 162 g/mol. The number of aliphatic carboxylic acids is 1. The van der Waals surface area contributed by atoms with E-state index in [9.17, 15) is 9.59 Å². The molecule has 0 rings (SSSR count). The molecule has 5 heteroatoms. The summed E-state index contributed by atoms with van der Waals surface area (Å²) in [5, 5.41) is 17.2. The second-order valence-corrected chi connectivity index (χ2v) is 2.45. The highest BCUT2D eigenvalue weighted by Gasteiger charge is 2.35. The van der Waals surface area contributed by atoms with E-state index in [1.807, 2.05) is 0 Å². The van der Waals surface area contributed by atoms with Crippen LogP contribution in [0.2, 0.25) is 0 Å². The number of carboxylic acid groups (broad SMARTS) is 1. The molecule has 0 aromatic heterocycles. The van der Waals surface area contributed by atoms with Crippen molar-refractivity contribution in [2.24, 2.45) is 11.1 Å². The second-order valence-electron chi connectivity index (χ2n) is 2.45. The van der Waals surface area contributed by atoms with Crippen LogP contribution in [-0.4, -0.2) is 28.7 Å². The molecule has 0 bridgehead atoms. The molecule has 0 aromatic rings. The van der Waals surface area contributed by atoms with Crippen molar-refractivity contribution in [1.29, 1.82) is 0 Å². The first kappa shape index (κ1) is 10.6. The molecule has 0 aliphatic heterocycles. The van der Waals surface area contributed by atoms with Gasteiger partial charge in [0.1, 0.15) is 5.41 Å². The van der Waals surface area contributed by atoms with E-state index in [0.29, 0.717) is 0 Å². The number of nitrogens with two attached hydrogens (primary N) is 1. The molecule has 5 nitrogen and oxygen atoms in total. The summed E-state index contributed by atoms with van der Waals surface area (Å²) in [5.41, 5.74) is 3.37. The van der Waals surface area contributed by atoms with Crippen LogP contribution in [0.5, 0.6) is 0 Å². The van der Waals surface area contributed by atoms with E-state index in [4.69, 9.17) is 15.9 Å². The fourth-order valence-electron chi connectivity index (χ4n) is 0.728. The number of carboxylic acids is 1. The quantitative estimate of drug-likeness (QED) is 0.469. The van der Waals surface area contributed by atoms with E-state index in [1.54, 1.807) is 0 Å². The van der Waals surface area contributed by atoms with Gasteiger partial charge in [0, 0.05) is 0 Å². The van der Waals surface area contributed by atoms with Crippen molar-refractivity contribution in [2.75, 3.05) is 6.61 Å². The topological polar surface area (TPSA) is 101 Å². The predicted molar refractivity (Wildman–Crippen MR) is 41.2 cm³/mol. The highest BCUT2D eigenvalue weighted by Crippen LogP contribution is 2.21. The molecule has 0 spiro atoms. The summed E-state index contributed by atoms with van der Waals surface area (Å²) in [6.07, 6.45) is 0.520. The number of hydrogen-bond donors (Lipinski definition) is 3. The smallest absolute Gasteiger partial charge is 0.304 e. The third kappa shape index (κ3) is 2.06. The first-order valence-electron chi connectivity index (χ1n) is 3.24. The van der Waals surface area contributed by atoms with Crippen molar-refractivity contribution in [3.05, 3.63) is 12.7 Å². The molecule has 0 heterocycles. The Hall–Kier alpha value is -1.36. The normalized spacial score (nSPS) is 14.8. The van der Waals surface area contributed by atoms with E-state index in [1.165, 1.54) is 0 Å². The average Bonchev–Trinajstić information content (AvgIpc) is 1.99. The lowest BCUT2D eigenvalue weighted by Gasteiger charge is -2.21. The zero-order chi connectivity index (χ0) is 9.78. The minimum absolute atomic E-state index is 0.539. The molecule has 0 aliphatic rings. The highest BCUT2D eigenvalue weighted by atomic mass is 16.4. The van der Waals surface area contributed by atoms with Gasteiger partial charge in [-0.3, -0.25) is 9.59 Å². The Balaban J connectivity index is 4.69. The molecule has 0 saturated heterocycles. The molecule has 1 atom stereocenters. The lowest BCUT2D eigenvalue weighted by atomic mass is 9.85. The number of carbonyl (C=O) groups is 2. The number of aliphatic hydroxyl groups is 1. The monoisotopic (exact) mass is 173 g/mol. The lowest BCUT2D eigenvalue weighted by molar-refractivity contribution is -0.144. The number of hydrogen-bond acceptors (Lipinski definition) is 3. The summed E-state index contributed by atoms with van der Waals surface area (Å²) in [6.45, 7) is 2.61. The van der Waals surface area contributed by atoms with E-state index in [-0.39, 0.29) is 0 Å². The standard InChI is InChI=1S/C7H11NO4/c1-2-7(4-9,6(8)12)3-5(10)11/h2,9H,1,3-4H2,(H2,8,12)(H,10,11). The molecule has 68 valence electrons. The minimum atomic E-state index is -1.54. The highest BCUT2D eigenvalue weighted by molar-refractivity contribution is 5.87.